The van der Waals surface area contributed by atoms with Crippen LogP contribution in [0.2, 0.25) is 0 Å². The van der Waals surface area contributed by atoms with Crippen LogP contribution in [0.15, 0.2) is 191 Å². The van der Waals surface area contributed by atoms with Gasteiger partial charge in [0, 0.05) is 15.2 Å². The molecule has 0 aliphatic carbocycles. The molecule has 0 aliphatic heterocycles. The Morgan fingerprint density at radius 3 is 1.37 bits per heavy atom. The van der Waals surface area contributed by atoms with Crippen LogP contribution in [-0.2, 0) is 53.8 Å². The van der Waals surface area contributed by atoms with Gasteiger partial charge >= 0.3 is 39.8 Å². The maximum Gasteiger partial charge on any atom is 0.513 e. The molecule has 0 spiro atoms. The van der Waals surface area contributed by atoms with E-state index in [1.54, 1.807) is 121 Å². The fourth-order valence-corrected chi connectivity index (χ4v) is 11.2. The van der Waals surface area contributed by atoms with Crippen LogP contribution in [0.5, 0.6) is 23.0 Å². The average Bonchev–Trinajstić information content (AvgIpc) is 3.38. The summed E-state index contributed by atoms with van der Waals surface area (Å²) in [6.45, 7) is 2.60. The van der Waals surface area contributed by atoms with Crippen LogP contribution < -0.4 is 28.3 Å². The summed E-state index contributed by atoms with van der Waals surface area (Å²) in [5.41, 5.74) is -0.892. The number of nitrogens with one attached hydrogen (secondary N) is 2. The molecule has 2 N–H and O–H groups in total. The quantitative estimate of drug-likeness (QED) is 0.0479. The molecule has 2 unspecified atom stereocenters. The summed E-state index contributed by atoms with van der Waals surface area (Å²) < 4.78 is 144. The van der Waals surface area contributed by atoms with Gasteiger partial charge in [-0.3, -0.25) is 9.59 Å². The zero-order valence-electron chi connectivity index (χ0n) is 39.9. The second kappa shape index (κ2) is 25.0. The lowest BCUT2D eigenvalue weighted by Crippen LogP contribution is -2.36. The van der Waals surface area contributed by atoms with Crippen LogP contribution >= 0.6 is 47.4 Å². The van der Waals surface area contributed by atoms with Crippen molar-refractivity contribution < 1.29 is 72.6 Å². The minimum absolute atomic E-state index is 0.0496. The lowest BCUT2D eigenvalue weighted by Gasteiger charge is -2.25. The van der Waals surface area contributed by atoms with E-state index >= 15 is 0 Å². The van der Waals surface area contributed by atoms with Crippen molar-refractivity contribution in [3.8, 4) is 23.0 Å². The zero-order chi connectivity index (χ0) is 54.7. The molecule has 0 amide bonds. The van der Waals surface area contributed by atoms with Gasteiger partial charge in [-0.15, -0.1) is 0 Å². The molecule has 0 fully saturated rings. The Hall–Kier alpha value is -6.66. The summed E-state index contributed by atoms with van der Waals surface area (Å²) in [6, 6.07) is 45.6. The molecular formula is C54H44Br2F6N2O10P2. The normalized spacial score (nSPS) is 13.9. The molecule has 22 heteroatoms. The number of para-hydroxylation sites is 1. The van der Waals surface area contributed by atoms with Crippen molar-refractivity contribution in [1.29, 1.82) is 0 Å². The Labute approximate surface area is 449 Å². The second-order valence-corrected chi connectivity index (χ2v) is 21.5. The third-order valence-corrected chi connectivity index (χ3v) is 15.0. The highest BCUT2D eigenvalue weighted by atomic mass is 79.9. The lowest BCUT2D eigenvalue weighted by molar-refractivity contribution is -0.147. The number of alkyl halides is 6. The van der Waals surface area contributed by atoms with E-state index < -0.39 is 74.5 Å². The van der Waals surface area contributed by atoms with E-state index in [1.807, 2.05) is 12.1 Å². The third-order valence-electron chi connectivity index (χ3n) is 10.7. The predicted molar refractivity (Wildman–Crippen MR) is 282 cm³/mol. The fourth-order valence-electron chi connectivity index (χ4n) is 7.12. The minimum Gasteiger partial charge on any atom is -0.460 e. The summed E-state index contributed by atoms with van der Waals surface area (Å²) in [7, 11) is -9.33. The Bertz CT molecular complexity index is 3390. The topological polar surface area (TPSA) is 148 Å². The first-order chi connectivity index (χ1) is 36.1. The third kappa shape index (κ3) is 15.5. The van der Waals surface area contributed by atoms with E-state index in [0.717, 1.165) is 40.1 Å². The van der Waals surface area contributed by atoms with Crippen LogP contribution in [0, 0.1) is 0 Å². The van der Waals surface area contributed by atoms with Crippen molar-refractivity contribution in [3.05, 3.63) is 213 Å². The van der Waals surface area contributed by atoms with Gasteiger partial charge in [-0.1, -0.05) is 155 Å². The fraction of sp³-hybridized carbons (Fsp3) is 0.148. The lowest BCUT2D eigenvalue weighted by atomic mass is 10.1. The van der Waals surface area contributed by atoms with E-state index in [4.69, 9.17) is 27.6 Å². The summed E-state index contributed by atoms with van der Waals surface area (Å²) in [5.74, 6) is -2.91. The van der Waals surface area contributed by atoms with Crippen LogP contribution in [-0.4, -0.2) is 24.0 Å². The first-order valence-corrected chi connectivity index (χ1v) is 27.4. The van der Waals surface area contributed by atoms with Gasteiger partial charge in [0.2, 0.25) is 0 Å². The van der Waals surface area contributed by atoms with E-state index in [0.29, 0.717) is 10.8 Å². The van der Waals surface area contributed by atoms with Gasteiger partial charge in [0.25, 0.3) is 0 Å². The first kappa shape index (κ1) is 57.1. The molecule has 76 heavy (non-hydrogen) atoms. The number of ether oxygens (including phenoxy) is 2. The highest BCUT2D eigenvalue weighted by molar-refractivity contribution is 9.10. The van der Waals surface area contributed by atoms with Crippen molar-refractivity contribution >= 4 is 80.8 Å². The molecule has 0 radical (unpaired) electrons. The molecule has 0 aromatic heterocycles. The second-order valence-electron chi connectivity index (χ2n) is 16.5. The smallest absolute Gasteiger partial charge is 0.460 e. The van der Waals surface area contributed by atoms with Gasteiger partial charge in [-0.25, -0.2) is 9.13 Å². The van der Waals surface area contributed by atoms with Crippen molar-refractivity contribution in [2.24, 2.45) is 0 Å². The van der Waals surface area contributed by atoms with Crippen LogP contribution in [0.25, 0.3) is 21.5 Å². The molecule has 0 saturated carbocycles. The van der Waals surface area contributed by atoms with Crippen molar-refractivity contribution in [3.63, 3.8) is 0 Å². The number of hydrogen-bond donors (Lipinski definition) is 2. The summed E-state index contributed by atoms with van der Waals surface area (Å²) in [6.07, 6.45) is -9.63. The standard InChI is InChI=1S/2C27H22BrF3NO5P/c1-18(26(33)35-17-19-9-3-2-4-10-19)32-38(34,36-24-16-7-12-20-11-5-6-13-21(20)24)37-25-22(27(29,30)31)14-8-15-23(25)28;1-18(26(33)35-17-19-8-3-2-4-9-19)32-38(34,36-24-13-7-11-20-10-5-6-12-22(20)24)37-25-15-14-21(28)16-23(25)27(29,30)31/h2*2-16,18H,17H2,1H3,(H,32,34)/t2*18-,38?/m00/s1. The van der Waals surface area contributed by atoms with Crippen LogP contribution in [0.4, 0.5) is 26.3 Å². The molecule has 8 rings (SSSR count). The highest BCUT2D eigenvalue weighted by Crippen LogP contribution is 2.53. The maximum absolute atomic E-state index is 14.1. The zero-order valence-corrected chi connectivity index (χ0v) is 44.9. The van der Waals surface area contributed by atoms with Gasteiger partial charge in [-0.2, -0.15) is 36.5 Å². The van der Waals surface area contributed by atoms with Crippen LogP contribution in [0.1, 0.15) is 36.1 Å². The number of carbonyl (C=O) groups excluding carboxylic acids is 2. The SMILES string of the molecule is C[C@H](NP(=O)(Oc1c(Br)cccc1C(F)(F)F)Oc1cccc2ccccc12)C(=O)OCc1ccccc1.C[C@H](NP(=O)(Oc1ccc(Br)cc1C(F)(F)F)Oc1cccc2ccccc12)C(=O)OCc1ccccc1. The Balaban J connectivity index is 0.000000221. The molecule has 8 aromatic rings. The van der Waals surface area contributed by atoms with Gasteiger partial charge in [0.1, 0.15) is 42.5 Å². The molecular weight excluding hydrogens is 1170 g/mol. The molecule has 0 saturated heterocycles. The molecule has 0 heterocycles. The molecule has 396 valence electrons. The molecule has 8 aromatic carbocycles. The van der Waals surface area contributed by atoms with E-state index in [2.05, 4.69) is 42.0 Å². The van der Waals surface area contributed by atoms with Crippen molar-refractivity contribution in [2.75, 3.05) is 0 Å². The minimum atomic E-state index is -4.82. The first-order valence-electron chi connectivity index (χ1n) is 22.7. The summed E-state index contributed by atoms with van der Waals surface area (Å²) >= 11 is 6.05. The van der Waals surface area contributed by atoms with Gasteiger partial charge in [0.15, 0.2) is 5.75 Å². The number of halogens is 8. The number of esters is 2. The molecule has 12 nitrogen and oxygen atoms in total. The number of benzene rings is 8. The van der Waals surface area contributed by atoms with Crippen molar-refractivity contribution in [2.45, 2.75) is 51.5 Å². The van der Waals surface area contributed by atoms with Crippen molar-refractivity contribution in [1.82, 2.24) is 10.2 Å². The Kier molecular flexibility index (Phi) is 18.8. The largest absolute Gasteiger partial charge is 0.513 e. The van der Waals surface area contributed by atoms with E-state index in [-0.39, 0.29) is 33.7 Å². The van der Waals surface area contributed by atoms with Gasteiger partial charge in [-0.05, 0) is 94.1 Å². The highest BCUT2D eigenvalue weighted by Gasteiger charge is 2.42. The van der Waals surface area contributed by atoms with E-state index in [9.17, 15) is 45.1 Å². The Morgan fingerprint density at radius 2 is 0.895 bits per heavy atom. The van der Waals surface area contributed by atoms with Crippen LogP contribution in [0.3, 0.4) is 0 Å². The average molecular weight is 1220 g/mol. The van der Waals surface area contributed by atoms with Gasteiger partial charge < -0.3 is 27.6 Å². The summed E-state index contributed by atoms with van der Waals surface area (Å²) in [5, 5.41) is 7.46. The molecule has 0 bridgehead atoms. The van der Waals surface area contributed by atoms with E-state index in [1.165, 1.54) is 44.2 Å². The number of rotatable bonds is 18. The number of fused-ring (bicyclic) bond motifs is 2. The van der Waals surface area contributed by atoms with Gasteiger partial charge in [0.05, 0.1) is 15.6 Å². The maximum atomic E-state index is 14.1. The summed E-state index contributed by atoms with van der Waals surface area (Å²) in [4.78, 5) is 25.4. The molecule has 4 atom stereocenters. The Morgan fingerprint density at radius 1 is 0.487 bits per heavy atom. The monoisotopic (exact) mass is 1210 g/mol. The predicted octanol–water partition coefficient (Wildman–Crippen LogP) is 15.8. The number of carbonyl (C=O) groups is 2. The molecule has 0 aliphatic rings. The number of hydrogen-bond acceptors (Lipinski definition) is 10.